The van der Waals surface area contributed by atoms with Gasteiger partial charge in [0.1, 0.15) is 18.8 Å². The van der Waals surface area contributed by atoms with Gasteiger partial charge in [0.15, 0.2) is 24.6 Å². The monoisotopic (exact) mass is 1110 g/mol. The van der Waals surface area contributed by atoms with E-state index < -0.39 is 67.3 Å². The predicted octanol–water partition coefficient (Wildman–Crippen LogP) is 16.7. The van der Waals surface area contributed by atoms with Crippen molar-refractivity contribution in [2.24, 2.45) is 0 Å². The summed E-state index contributed by atoms with van der Waals surface area (Å²) < 4.78 is 28.5. The number of aliphatic hydroxyl groups is 2. The van der Waals surface area contributed by atoms with Gasteiger partial charge in [0, 0.05) is 19.3 Å². The van der Waals surface area contributed by atoms with Crippen LogP contribution in [0, 0.1) is 0 Å². The van der Waals surface area contributed by atoms with E-state index in [1.165, 1.54) is 96.3 Å². The van der Waals surface area contributed by atoms with Crippen LogP contribution in [0.2, 0.25) is 0 Å². The third-order valence-corrected chi connectivity index (χ3v) is 14.0. The molecule has 1 saturated heterocycles. The zero-order valence-electron chi connectivity index (χ0n) is 49.8. The number of allylic oxidation sites excluding steroid dienone is 14. The van der Waals surface area contributed by atoms with Crippen LogP contribution in [0.1, 0.15) is 265 Å². The Morgan fingerprint density at radius 3 is 1.27 bits per heavy atom. The van der Waals surface area contributed by atoms with E-state index in [-0.39, 0.29) is 25.9 Å². The Labute approximate surface area is 480 Å². The summed E-state index contributed by atoms with van der Waals surface area (Å²) in [4.78, 5) is 51.2. The number of ether oxygens (including phenoxy) is 5. The zero-order chi connectivity index (χ0) is 57.5. The van der Waals surface area contributed by atoms with Crippen LogP contribution in [0.15, 0.2) is 85.1 Å². The number of hydrogen-bond acceptors (Lipinski definition) is 11. The Balaban J connectivity index is 2.69. The van der Waals surface area contributed by atoms with E-state index in [9.17, 15) is 34.5 Å². The minimum Gasteiger partial charge on any atom is -0.479 e. The van der Waals surface area contributed by atoms with Gasteiger partial charge in [0.25, 0.3) is 0 Å². The number of unbranched alkanes of at least 4 members (excludes halogenated alkanes) is 25. The Hall–Kier alpha value is -4.10. The summed E-state index contributed by atoms with van der Waals surface area (Å²) in [5.41, 5.74) is 0. The van der Waals surface area contributed by atoms with Crippen LogP contribution in [0.5, 0.6) is 0 Å². The fraction of sp³-hybridized carbons (Fsp3) is 0.731. The minimum absolute atomic E-state index is 0.0399. The molecule has 6 atom stereocenters. The maximum absolute atomic E-state index is 13.2. The van der Waals surface area contributed by atoms with Crippen molar-refractivity contribution in [3.63, 3.8) is 0 Å². The van der Waals surface area contributed by atoms with Gasteiger partial charge in [-0.15, -0.1) is 0 Å². The highest BCUT2D eigenvalue weighted by molar-refractivity contribution is 5.74. The van der Waals surface area contributed by atoms with Crippen LogP contribution in [0.4, 0.5) is 0 Å². The molecular formula is C67H112O12. The molecule has 1 rings (SSSR count). The number of carboxylic acid groups (broad SMARTS) is 1. The van der Waals surface area contributed by atoms with E-state index in [2.05, 4.69) is 106 Å². The molecule has 3 N–H and O–H groups in total. The third kappa shape index (κ3) is 44.3. The van der Waals surface area contributed by atoms with Gasteiger partial charge in [-0.05, 0) is 96.3 Å². The normalized spacial score (nSPS) is 18.4. The van der Waals surface area contributed by atoms with Crippen molar-refractivity contribution in [2.45, 2.75) is 302 Å². The Kier molecular flexibility index (Phi) is 50.3. The molecule has 0 bridgehead atoms. The number of hydrogen-bond donors (Lipinski definition) is 3. The fourth-order valence-corrected chi connectivity index (χ4v) is 9.13. The number of carboxylic acids is 1. The van der Waals surface area contributed by atoms with Gasteiger partial charge >= 0.3 is 23.9 Å². The molecule has 0 aromatic carbocycles. The standard InChI is InChI=1S/C67H112O12/c1-4-7-10-13-16-19-22-25-28-29-30-31-34-37-40-43-46-49-52-55-61(70)78-65-63(72)62(71)64(66(73)74)79-67(65)76-57-58(77-60(69)54-51-48-45-42-39-36-33-27-24-21-18-15-12-9-6-3)56-75-59(68)53-50-47-44-41-38-35-32-26-23-20-17-14-11-8-5-2/h8,11,16-17,19-20,25-26,28,30-32,38,41,58,62-65,67,71-72H,4-7,9-10,12-15,18,21-24,27,29,33-37,39-40,42-57H2,1-3H3,(H,73,74)/b11-8-,19-16-,20-17-,28-25-,31-30-,32-26-,41-38-. The second-order valence-corrected chi connectivity index (χ2v) is 21.3. The highest BCUT2D eigenvalue weighted by atomic mass is 16.7. The summed E-state index contributed by atoms with van der Waals surface area (Å²) in [6, 6.07) is 0. The number of carbonyl (C=O) groups excluding carboxylic acids is 3. The fourth-order valence-electron chi connectivity index (χ4n) is 9.13. The van der Waals surface area contributed by atoms with Crippen LogP contribution in [0.25, 0.3) is 0 Å². The summed E-state index contributed by atoms with van der Waals surface area (Å²) in [6.45, 7) is 5.83. The van der Waals surface area contributed by atoms with Gasteiger partial charge in [-0.2, -0.15) is 0 Å². The van der Waals surface area contributed by atoms with E-state index in [4.69, 9.17) is 23.7 Å². The van der Waals surface area contributed by atoms with E-state index >= 15 is 0 Å². The molecule has 0 amide bonds. The molecule has 1 heterocycles. The zero-order valence-corrected chi connectivity index (χ0v) is 49.8. The van der Waals surface area contributed by atoms with Crippen molar-refractivity contribution in [1.29, 1.82) is 0 Å². The highest BCUT2D eigenvalue weighted by Gasteiger charge is 2.50. The second kappa shape index (κ2) is 54.5. The Bertz CT molecular complexity index is 1700. The molecule has 0 aliphatic carbocycles. The molecule has 1 fully saturated rings. The van der Waals surface area contributed by atoms with E-state index in [0.717, 1.165) is 109 Å². The Morgan fingerprint density at radius 1 is 0.430 bits per heavy atom. The number of esters is 3. The van der Waals surface area contributed by atoms with Crippen LogP contribution in [0.3, 0.4) is 0 Å². The lowest BCUT2D eigenvalue weighted by molar-refractivity contribution is -0.301. The number of rotatable bonds is 53. The second-order valence-electron chi connectivity index (χ2n) is 21.3. The number of carbonyl (C=O) groups is 4. The van der Waals surface area contributed by atoms with Crippen molar-refractivity contribution >= 4 is 23.9 Å². The average molecular weight is 1110 g/mol. The van der Waals surface area contributed by atoms with Gasteiger partial charge in [-0.3, -0.25) is 14.4 Å². The summed E-state index contributed by atoms with van der Waals surface area (Å²) >= 11 is 0. The number of aliphatic carboxylic acids is 1. The van der Waals surface area contributed by atoms with Crippen LogP contribution in [-0.4, -0.2) is 89.2 Å². The molecule has 0 spiro atoms. The lowest BCUT2D eigenvalue weighted by atomic mass is 9.98. The maximum atomic E-state index is 13.2. The van der Waals surface area contributed by atoms with E-state index in [0.29, 0.717) is 19.3 Å². The van der Waals surface area contributed by atoms with Crippen molar-refractivity contribution in [2.75, 3.05) is 13.2 Å². The molecule has 0 aromatic rings. The average Bonchev–Trinajstić information content (AvgIpc) is 3.46. The minimum atomic E-state index is -1.92. The molecule has 12 heteroatoms. The van der Waals surface area contributed by atoms with E-state index in [1.807, 2.05) is 0 Å². The topological polar surface area (TPSA) is 175 Å². The smallest absolute Gasteiger partial charge is 0.335 e. The molecule has 0 radical (unpaired) electrons. The Morgan fingerprint density at radius 2 is 0.797 bits per heavy atom. The molecular weight excluding hydrogens is 997 g/mol. The van der Waals surface area contributed by atoms with Gasteiger partial charge in [0.05, 0.1) is 6.61 Å². The van der Waals surface area contributed by atoms with Crippen LogP contribution >= 0.6 is 0 Å². The first-order valence-electron chi connectivity index (χ1n) is 31.6. The molecule has 452 valence electrons. The van der Waals surface area contributed by atoms with Crippen LogP contribution < -0.4 is 0 Å². The molecule has 12 nitrogen and oxygen atoms in total. The SMILES string of the molecule is CC/C=C\C/C=C\C/C=C\C/C=C\CCCCC(=O)OCC(COC1OC(C(=O)O)C(O)C(O)C1OC(=O)CCCCCCCC/C=C\C/C=C\C/C=C\CCCCC)OC(=O)CCCCCCCCCCCCCCCCC. The van der Waals surface area contributed by atoms with Gasteiger partial charge in [-0.1, -0.05) is 234 Å². The third-order valence-electron chi connectivity index (χ3n) is 14.0. The molecule has 0 saturated carbocycles. The van der Waals surface area contributed by atoms with Gasteiger partial charge in [0.2, 0.25) is 0 Å². The first-order valence-corrected chi connectivity index (χ1v) is 31.6. The summed E-state index contributed by atoms with van der Waals surface area (Å²) in [6.07, 6.45) is 58.3. The van der Waals surface area contributed by atoms with Gasteiger partial charge in [-0.25, -0.2) is 4.79 Å². The predicted molar refractivity (Wildman–Crippen MR) is 321 cm³/mol. The lowest BCUT2D eigenvalue weighted by Gasteiger charge is -2.40. The maximum Gasteiger partial charge on any atom is 0.335 e. The van der Waals surface area contributed by atoms with Gasteiger partial charge < -0.3 is 39.0 Å². The number of aliphatic hydroxyl groups excluding tert-OH is 2. The first-order chi connectivity index (χ1) is 38.6. The quantitative estimate of drug-likeness (QED) is 0.0228. The van der Waals surface area contributed by atoms with E-state index in [1.54, 1.807) is 0 Å². The van der Waals surface area contributed by atoms with Crippen molar-refractivity contribution in [1.82, 2.24) is 0 Å². The molecule has 79 heavy (non-hydrogen) atoms. The highest BCUT2D eigenvalue weighted by Crippen LogP contribution is 2.26. The molecule has 1 aliphatic heterocycles. The first kappa shape index (κ1) is 72.9. The summed E-state index contributed by atoms with van der Waals surface area (Å²) in [5, 5.41) is 31.6. The molecule has 1 aliphatic rings. The lowest BCUT2D eigenvalue weighted by Crippen LogP contribution is -2.61. The molecule has 6 unspecified atom stereocenters. The van der Waals surface area contributed by atoms with Crippen molar-refractivity contribution in [3.8, 4) is 0 Å². The molecule has 0 aromatic heterocycles. The van der Waals surface area contributed by atoms with Crippen molar-refractivity contribution < 1.29 is 58.2 Å². The summed E-state index contributed by atoms with van der Waals surface area (Å²) in [5.74, 6) is -3.18. The largest absolute Gasteiger partial charge is 0.479 e. The van der Waals surface area contributed by atoms with Crippen LogP contribution in [-0.2, 0) is 42.9 Å². The van der Waals surface area contributed by atoms with Crippen molar-refractivity contribution in [3.05, 3.63) is 85.1 Å². The summed E-state index contributed by atoms with van der Waals surface area (Å²) in [7, 11) is 0.